The fourth-order valence-corrected chi connectivity index (χ4v) is 1.26. The lowest BCUT2D eigenvalue weighted by Gasteiger charge is -2.09. The van der Waals surface area contributed by atoms with Crippen molar-refractivity contribution in [3.05, 3.63) is 27.9 Å². The van der Waals surface area contributed by atoms with Crippen molar-refractivity contribution in [2.45, 2.75) is 13.0 Å². The van der Waals surface area contributed by atoms with E-state index in [0.717, 1.165) is 0 Å². The van der Waals surface area contributed by atoms with Crippen LogP contribution in [-0.4, -0.2) is 33.2 Å². The van der Waals surface area contributed by atoms with Gasteiger partial charge >= 0.3 is 5.82 Å². The fourth-order valence-electron chi connectivity index (χ4n) is 1.26. The van der Waals surface area contributed by atoms with Crippen LogP contribution in [0.1, 0.15) is 17.4 Å². The van der Waals surface area contributed by atoms with E-state index in [2.05, 4.69) is 5.32 Å². The number of aliphatic hydroxyl groups is 1. The van der Waals surface area contributed by atoms with Crippen LogP contribution < -0.4 is 5.32 Å². The Bertz CT molecular complexity index is 413. The molecular weight excluding hydrogens is 214 g/mol. The Kier molecular flexibility index (Phi) is 3.62. The van der Waals surface area contributed by atoms with Crippen LogP contribution in [-0.2, 0) is 7.05 Å². The van der Waals surface area contributed by atoms with E-state index in [1.54, 1.807) is 6.92 Å². The Balaban J connectivity index is 2.89. The Morgan fingerprint density at radius 1 is 1.69 bits per heavy atom. The van der Waals surface area contributed by atoms with Crippen LogP contribution in [0.2, 0.25) is 0 Å². The molecule has 0 aromatic carbocycles. The lowest BCUT2D eigenvalue weighted by Crippen LogP contribution is -2.35. The average molecular weight is 227 g/mol. The van der Waals surface area contributed by atoms with Crippen molar-refractivity contribution in [2.75, 3.05) is 6.61 Å². The molecule has 0 radical (unpaired) electrons. The number of nitrogens with zero attached hydrogens (tertiary/aromatic N) is 2. The topological polar surface area (TPSA) is 97.4 Å². The van der Waals surface area contributed by atoms with Gasteiger partial charge in [0.15, 0.2) is 5.69 Å². The van der Waals surface area contributed by atoms with Gasteiger partial charge in [-0.3, -0.25) is 4.79 Å². The minimum absolute atomic E-state index is 0.151. The Morgan fingerprint density at radius 3 is 2.75 bits per heavy atom. The zero-order valence-electron chi connectivity index (χ0n) is 9.01. The molecule has 0 spiro atoms. The van der Waals surface area contributed by atoms with Gasteiger partial charge in [0.2, 0.25) is 0 Å². The van der Waals surface area contributed by atoms with E-state index in [4.69, 9.17) is 5.11 Å². The molecular formula is C9H13N3O4. The van der Waals surface area contributed by atoms with E-state index in [1.165, 1.54) is 23.7 Å². The van der Waals surface area contributed by atoms with Gasteiger partial charge in [-0.05, 0) is 17.9 Å². The van der Waals surface area contributed by atoms with Crippen LogP contribution in [0.15, 0.2) is 12.1 Å². The van der Waals surface area contributed by atoms with Crippen molar-refractivity contribution < 1.29 is 14.8 Å². The lowest BCUT2D eigenvalue weighted by atomic mass is 10.3. The molecule has 2 N–H and O–H groups in total. The number of rotatable bonds is 4. The van der Waals surface area contributed by atoms with Gasteiger partial charge < -0.3 is 20.5 Å². The number of nitrogens with one attached hydrogen (secondary N) is 1. The Morgan fingerprint density at radius 2 is 2.31 bits per heavy atom. The first-order valence-electron chi connectivity index (χ1n) is 4.69. The van der Waals surface area contributed by atoms with Crippen molar-refractivity contribution in [1.82, 2.24) is 9.88 Å². The van der Waals surface area contributed by atoms with E-state index in [1.807, 2.05) is 0 Å². The zero-order valence-corrected chi connectivity index (χ0v) is 9.01. The highest BCUT2D eigenvalue weighted by Crippen LogP contribution is 2.14. The van der Waals surface area contributed by atoms with E-state index in [-0.39, 0.29) is 24.2 Å². The summed E-state index contributed by atoms with van der Waals surface area (Å²) in [5, 5.41) is 21.8. The quantitative estimate of drug-likeness (QED) is 0.560. The smallest absolute Gasteiger partial charge is 0.323 e. The second-order valence-corrected chi connectivity index (χ2v) is 3.45. The summed E-state index contributed by atoms with van der Waals surface area (Å²) >= 11 is 0. The maximum Gasteiger partial charge on any atom is 0.323 e. The Labute approximate surface area is 91.8 Å². The molecule has 0 aliphatic heterocycles. The molecule has 1 rings (SSSR count). The molecule has 88 valence electrons. The average Bonchev–Trinajstić information content (AvgIpc) is 2.59. The van der Waals surface area contributed by atoms with Crippen molar-refractivity contribution in [2.24, 2.45) is 7.05 Å². The summed E-state index contributed by atoms with van der Waals surface area (Å²) in [7, 11) is 1.44. The molecule has 0 saturated carbocycles. The molecule has 0 saturated heterocycles. The number of hydrogen-bond donors (Lipinski definition) is 2. The zero-order chi connectivity index (χ0) is 12.3. The summed E-state index contributed by atoms with van der Waals surface area (Å²) in [5.41, 5.74) is 0.187. The van der Waals surface area contributed by atoms with Crippen molar-refractivity contribution in [1.29, 1.82) is 0 Å². The van der Waals surface area contributed by atoms with Crippen LogP contribution in [0, 0.1) is 10.1 Å². The fraction of sp³-hybridized carbons (Fsp3) is 0.444. The molecule has 0 bridgehead atoms. The number of carbonyl (C=O) groups is 1. The first kappa shape index (κ1) is 12.2. The normalized spacial score (nSPS) is 12.2. The van der Waals surface area contributed by atoms with E-state index >= 15 is 0 Å². The predicted molar refractivity (Wildman–Crippen MR) is 56.1 cm³/mol. The highest BCUT2D eigenvalue weighted by atomic mass is 16.6. The molecule has 1 aromatic rings. The lowest BCUT2D eigenvalue weighted by molar-refractivity contribution is -0.391. The molecule has 0 aliphatic carbocycles. The summed E-state index contributed by atoms with van der Waals surface area (Å²) in [6.45, 7) is 1.45. The molecule has 0 aliphatic rings. The van der Waals surface area contributed by atoms with Gasteiger partial charge in [0.1, 0.15) is 0 Å². The van der Waals surface area contributed by atoms with Crippen LogP contribution in [0.25, 0.3) is 0 Å². The first-order chi connectivity index (χ1) is 7.47. The molecule has 1 amide bonds. The number of hydrogen-bond acceptors (Lipinski definition) is 4. The number of nitro groups is 1. The third-order valence-electron chi connectivity index (χ3n) is 2.17. The van der Waals surface area contributed by atoms with Gasteiger partial charge in [-0.15, -0.1) is 0 Å². The van der Waals surface area contributed by atoms with Gasteiger partial charge in [0, 0.05) is 12.1 Å². The minimum Gasteiger partial charge on any atom is -0.394 e. The summed E-state index contributed by atoms with van der Waals surface area (Å²) < 4.78 is 1.19. The van der Waals surface area contributed by atoms with Crippen LogP contribution in [0.4, 0.5) is 5.82 Å². The first-order valence-corrected chi connectivity index (χ1v) is 4.69. The second-order valence-electron chi connectivity index (χ2n) is 3.45. The van der Waals surface area contributed by atoms with Crippen molar-refractivity contribution in [3.8, 4) is 0 Å². The van der Waals surface area contributed by atoms with Crippen molar-refractivity contribution in [3.63, 3.8) is 0 Å². The standard InChI is InChI=1S/C9H13N3O4/c1-6(5-13)10-9(14)7-3-4-8(11(7)2)12(15)16/h3-4,6,13H,5H2,1-2H3,(H,10,14)/t6-/m0/s1. The van der Waals surface area contributed by atoms with Crippen LogP contribution in [0.5, 0.6) is 0 Å². The molecule has 0 unspecified atom stereocenters. The third kappa shape index (κ3) is 2.37. The highest BCUT2D eigenvalue weighted by Gasteiger charge is 2.21. The SMILES string of the molecule is C[C@@H](CO)NC(=O)c1ccc([N+](=O)[O-])n1C. The molecule has 1 atom stereocenters. The van der Waals surface area contributed by atoms with E-state index in [9.17, 15) is 14.9 Å². The molecule has 16 heavy (non-hydrogen) atoms. The summed E-state index contributed by atoms with van der Waals surface area (Å²) in [6.07, 6.45) is 0. The number of carbonyl (C=O) groups excluding carboxylic acids is 1. The Hall–Kier alpha value is -1.89. The third-order valence-corrected chi connectivity index (χ3v) is 2.17. The number of aromatic nitrogens is 1. The van der Waals surface area contributed by atoms with Crippen LogP contribution in [0.3, 0.4) is 0 Å². The van der Waals surface area contributed by atoms with Gasteiger partial charge in [-0.2, -0.15) is 0 Å². The summed E-state index contributed by atoms with van der Waals surface area (Å²) in [6, 6.07) is 2.25. The monoisotopic (exact) mass is 227 g/mol. The summed E-state index contributed by atoms with van der Waals surface area (Å²) in [4.78, 5) is 21.6. The van der Waals surface area contributed by atoms with Crippen LogP contribution >= 0.6 is 0 Å². The van der Waals surface area contributed by atoms with Gasteiger partial charge in [-0.25, -0.2) is 4.57 Å². The van der Waals surface area contributed by atoms with Gasteiger partial charge in [-0.1, -0.05) is 0 Å². The highest BCUT2D eigenvalue weighted by molar-refractivity contribution is 5.93. The minimum atomic E-state index is -0.563. The number of aliphatic hydroxyl groups excluding tert-OH is 1. The molecule has 0 fully saturated rings. The van der Waals surface area contributed by atoms with Crippen molar-refractivity contribution >= 4 is 11.7 Å². The molecule has 7 heteroatoms. The molecule has 7 nitrogen and oxygen atoms in total. The maximum atomic E-state index is 11.6. The van der Waals surface area contributed by atoms with E-state index in [0.29, 0.717) is 0 Å². The van der Waals surface area contributed by atoms with E-state index < -0.39 is 10.8 Å². The molecule has 1 aromatic heterocycles. The van der Waals surface area contributed by atoms with Gasteiger partial charge in [0.25, 0.3) is 5.91 Å². The summed E-state index contributed by atoms with van der Waals surface area (Å²) in [5.74, 6) is -0.598. The second kappa shape index (κ2) is 4.75. The molecule has 1 heterocycles. The van der Waals surface area contributed by atoms with Gasteiger partial charge in [0.05, 0.1) is 13.7 Å². The predicted octanol–water partition coefficient (Wildman–Crippen LogP) is 0.0439. The maximum absolute atomic E-state index is 11.6. The number of amides is 1. The largest absolute Gasteiger partial charge is 0.394 e.